The predicted octanol–water partition coefficient (Wildman–Crippen LogP) is 2.39. The SMILES string of the molecule is O=C(Cc1nc(CCl)cs1)N1CCCSCC1. The van der Waals surface area contributed by atoms with Crippen molar-refractivity contribution in [1.29, 1.82) is 0 Å². The molecular weight excluding hydrogens is 276 g/mol. The molecule has 94 valence electrons. The van der Waals surface area contributed by atoms with Crippen LogP contribution in [0.5, 0.6) is 0 Å². The number of alkyl halides is 1. The Morgan fingerprint density at radius 1 is 1.47 bits per heavy atom. The van der Waals surface area contributed by atoms with Gasteiger partial charge in [0.15, 0.2) is 0 Å². The molecule has 2 heterocycles. The Kier molecular flexibility index (Phi) is 5.13. The van der Waals surface area contributed by atoms with Crippen LogP contribution in [0, 0.1) is 0 Å². The van der Waals surface area contributed by atoms with Gasteiger partial charge in [-0.15, -0.1) is 22.9 Å². The highest BCUT2D eigenvalue weighted by molar-refractivity contribution is 7.99. The number of aromatic nitrogens is 1. The molecule has 1 saturated heterocycles. The number of carbonyl (C=O) groups excluding carboxylic acids is 1. The third kappa shape index (κ3) is 3.86. The summed E-state index contributed by atoms with van der Waals surface area (Å²) in [4.78, 5) is 18.3. The third-order valence-electron chi connectivity index (χ3n) is 2.61. The van der Waals surface area contributed by atoms with Crippen molar-refractivity contribution in [1.82, 2.24) is 9.88 Å². The molecule has 0 saturated carbocycles. The highest BCUT2D eigenvalue weighted by atomic mass is 35.5. The molecule has 1 aromatic rings. The lowest BCUT2D eigenvalue weighted by Crippen LogP contribution is -2.34. The second-order valence-corrected chi connectivity index (χ2v) is 6.32. The molecular formula is C11H15ClN2OS2. The summed E-state index contributed by atoms with van der Waals surface area (Å²) in [6.45, 7) is 1.76. The molecule has 0 radical (unpaired) electrons. The van der Waals surface area contributed by atoms with Crippen LogP contribution >= 0.6 is 34.7 Å². The van der Waals surface area contributed by atoms with Crippen molar-refractivity contribution >= 4 is 40.6 Å². The van der Waals surface area contributed by atoms with Gasteiger partial charge in [0.1, 0.15) is 5.01 Å². The molecule has 0 aliphatic carbocycles. The molecule has 6 heteroatoms. The Morgan fingerprint density at radius 2 is 2.35 bits per heavy atom. The maximum Gasteiger partial charge on any atom is 0.229 e. The fraction of sp³-hybridized carbons (Fsp3) is 0.636. The predicted molar refractivity (Wildman–Crippen MR) is 73.9 cm³/mol. The minimum atomic E-state index is 0.197. The van der Waals surface area contributed by atoms with E-state index in [0.717, 1.165) is 41.7 Å². The van der Waals surface area contributed by atoms with E-state index in [1.807, 2.05) is 22.0 Å². The summed E-state index contributed by atoms with van der Waals surface area (Å²) in [5.74, 6) is 2.84. The molecule has 1 fully saturated rings. The van der Waals surface area contributed by atoms with E-state index >= 15 is 0 Å². The molecule has 0 spiro atoms. The first-order valence-electron chi connectivity index (χ1n) is 5.64. The zero-order chi connectivity index (χ0) is 12.1. The van der Waals surface area contributed by atoms with Gasteiger partial charge in [-0.3, -0.25) is 4.79 Å². The average Bonchev–Trinajstić information content (AvgIpc) is 2.62. The van der Waals surface area contributed by atoms with Gasteiger partial charge in [0.25, 0.3) is 0 Å². The Balaban J connectivity index is 1.90. The topological polar surface area (TPSA) is 33.2 Å². The van der Waals surface area contributed by atoms with Crippen molar-refractivity contribution in [2.45, 2.75) is 18.7 Å². The van der Waals surface area contributed by atoms with Gasteiger partial charge in [-0.05, 0) is 12.2 Å². The van der Waals surface area contributed by atoms with Crippen LogP contribution in [0.2, 0.25) is 0 Å². The number of carbonyl (C=O) groups is 1. The monoisotopic (exact) mass is 290 g/mol. The van der Waals surface area contributed by atoms with Crippen molar-refractivity contribution < 1.29 is 4.79 Å². The molecule has 1 amide bonds. The average molecular weight is 291 g/mol. The van der Waals surface area contributed by atoms with Gasteiger partial charge >= 0.3 is 0 Å². The van der Waals surface area contributed by atoms with Crippen molar-refractivity contribution in [3.8, 4) is 0 Å². The number of amides is 1. The van der Waals surface area contributed by atoms with Crippen molar-refractivity contribution in [3.63, 3.8) is 0 Å². The van der Waals surface area contributed by atoms with Gasteiger partial charge in [0.2, 0.25) is 5.91 Å². The van der Waals surface area contributed by atoms with E-state index in [9.17, 15) is 4.79 Å². The molecule has 1 aliphatic heterocycles. The Bertz CT molecular complexity index is 375. The Labute approximate surface area is 115 Å². The van der Waals surface area contributed by atoms with Crippen LogP contribution in [0.1, 0.15) is 17.1 Å². The van der Waals surface area contributed by atoms with E-state index < -0.39 is 0 Å². The van der Waals surface area contributed by atoms with E-state index in [1.165, 1.54) is 11.3 Å². The highest BCUT2D eigenvalue weighted by Crippen LogP contribution is 2.15. The largest absolute Gasteiger partial charge is 0.341 e. The molecule has 0 N–H and O–H groups in total. The molecule has 0 aromatic carbocycles. The van der Waals surface area contributed by atoms with Crippen LogP contribution in [-0.4, -0.2) is 40.4 Å². The second-order valence-electron chi connectivity index (χ2n) is 3.89. The van der Waals surface area contributed by atoms with Crippen LogP contribution in [0.25, 0.3) is 0 Å². The Morgan fingerprint density at radius 3 is 3.12 bits per heavy atom. The lowest BCUT2D eigenvalue weighted by molar-refractivity contribution is -0.130. The van der Waals surface area contributed by atoms with Crippen molar-refractivity contribution in [2.75, 3.05) is 24.6 Å². The van der Waals surface area contributed by atoms with Crippen LogP contribution in [0.3, 0.4) is 0 Å². The molecule has 1 aliphatic rings. The first-order valence-corrected chi connectivity index (χ1v) is 8.21. The van der Waals surface area contributed by atoms with Gasteiger partial charge in [0, 0.05) is 24.2 Å². The normalized spacial score (nSPS) is 16.9. The lowest BCUT2D eigenvalue weighted by atomic mass is 10.3. The number of thiazole rings is 1. The minimum absolute atomic E-state index is 0.197. The summed E-state index contributed by atoms with van der Waals surface area (Å²) in [6, 6.07) is 0. The summed E-state index contributed by atoms with van der Waals surface area (Å²) in [7, 11) is 0. The zero-order valence-corrected chi connectivity index (χ0v) is 11.9. The molecule has 3 nitrogen and oxygen atoms in total. The molecule has 1 aromatic heterocycles. The maximum atomic E-state index is 12.1. The van der Waals surface area contributed by atoms with E-state index in [2.05, 4.69) is 4.98 Å². The number of rotatable bonds is 3. The summed E-state index contributed by atoms with van der Waals surface area (Å²) in [6.07, 6.45) is 1.52. The van der Waals surface area contributed by atoms with Crippen molar-refractivity contribution in [3.05, 3.63) is 16.1 Å². The van der Waals surface area contributed by atoms with Crippen LogP contribution in [-0.2, 0) is 17.1 Å². The molecule has 17 heavy (non-hydrogen) atoms. The number of halogens is 1. The van der Waals surface area contributed by atoms with Crippen molar-refractivity contribution in [2.24, 2.45) is 0 Å². The summed E-state index contributed by atoms with van der Waals surface area (Å²) in [5.41, 5.74) is 0.867. The van der Waals surface area contributed by atoms with Crippen LogP contribution < -0.4 is 0 Å². The molecule has 0 bridgehead atoms. The van der Waals surface area contributed by atoms with Gasteiger partial charge in [-0.2, -0.15) is 11.8 Å². The Hall–Kier alpha value is -0.260. The summed E-state index contributed by atoms with van der Waals surface area (Å²) in [5, 5.41) is 2.80. The van der Waals surface area contributed by atoms with E-state index in [-0.39, 0.29) is 5.91 Å². The smallest absolute Gasteiger partial charge is 0.229 e. The summed E-state index contributed by atoms with van der Waals surface area (Å²) >= 11 is 9.14. The minimum Gasteiger partial charge on any atom is -0.341 e. The molecule has 2 rings (SSSR count). The molecule has 0 atom stereocenters. The lowest BCUT2D eigenvalue weighted by Gasteiger charge is -2.19. The van der Waals surface area contributed by atoms with Gasteiger partial charge < -0.3 is 4.90 Å². The zero-order valence-electron chi connectivity index (χ0n) is 9.52. The first-order chi connectivity index (χ1) is 8.29. The molecule has 0 unspecified atom stereocenters. The van der Waals surface area contributed by atoms with Gasteiger partial charge in [0.05, 0.1) is 18.0 Å². The fourth-order valence-corrected chi connectivity index (χ4v) is 3.63. The second kappa shape index (κ2) is 6.61. The van der Waals surface area contributed by atoms with Crippen LogP contribution in [0.15, 0.2) is 5.38 Å². The summed E-state index contributed by atoms with van der Waals surface area (Å²) < 4.78 is 0. The number of nitrogens with zero attached hydrogens (tertiary/aromatic N) is 2. The number of hydrogen-bond donors (Lipinski definition) is 0. The van der Waals surface area contributed by atoms with E-state index in [1.54, 1.807) is 0 Å². The van der Waals surface area contributed by atoms with Gasteiger partial charge in [-0.1, -0.05) is 0 Å². The standard InChI is InChI=1S/C11H15ClN2OS2/c12-7-9-8-17-10(13-9)6-11(15)14-2-1-4-16-5-3-14/h8H,1-7H2. The van der Waals surface area contributed by atoms with E-state index in [0.29, 0.717) is 12.3 Å². The van der Waals surface area contributed by atoms with E-state index in [4.69, 9.17) is 11.6 Å². The quantitative estimate of drug-likeness (QED) is 0.802. The first kappa shape index (κ1) is 13.2. The van der Waals surface area contributed by atoms with Crippen LogP contribution in [0.4, 0.5) is 0 Å². The number of hydrogen-bond acceptors (Lipinski definition) is 4. The number of thioether (sulfide) groups is 1. The highest BCUT2D eigenvalue weighted by Gasteiger charge is 2.17. The third-order valence-corrected chi connectivity index (χ3v) is 4.83. The fourth-order valence-electron chi connectivity index (χ4n) is 1.73. The van der Waals surface area contributed by atoms with Gasteiger partial charge in [-0.25, -0.2) is 4.98 Å². The maximum absolute atomic E-state index is 12.1.